The van der Waals surface area contributed by atoms with Crippen molar-refractivity contribution in [3.63, 3.8) is 0 Å². The normalized spacial score (nSPS) is 10.4. The highest BCUT2D eigenvalue weighted by Gasteiger charge is 2.12. The summed E-state index contributed by atoms with van der Waals surface area (Å²) in [5.41, 5.74) is 10.6. The van der Waals surface area contributed by atoms with Gasteiger partial charge in [-0.3, -0.25) is 0 Å². The van der Waals surface area contributed by atoms with E-state index in [9.17, 15) is 0 Å². The van der Waals surface area contributed by atoms with E-state index in [2.05, 4.69) is 61.2 Å². The minimum absolute atomic E-state index is 0.877. The van der Waals surface area contributed by atoms with Gasteiger partial charge in [0.15, 0.2) is 0 Å². The molecule has 0 heterocycles. The third-order valence-electron chi connectivity index (χ3n) is 3.40. The quantitative estimate of drug-likeness (QED) is 0.795. The van der Waals surface area contributed by atoms with E-state index in [0.717, 1.165) is 29.9 Å². The highest BCUT2D eigenvalue weighted by Crippen LogP contribution is 2.32. The molecule has 0 saturated carbocycles. The third kappa shape index (κ3) is 3.08. The molecule has 0 aliphatic carbocycles. The standard InChI is InChI=1S/C17H22N2/c1-3-4-13-19(15-10-6-5-7-11-15)16-12-8-9-14(2)17(16)18/h5-12H,3-4,13,18H2,1-2H3. The molecule has 100 valence electrons. The first-order valence-electron chi connectivity index (χ1n) is 6.91. The molecule has 2 nitrogen and oxygen atoms in total. The maximum atomic E-state index is 6.25. The van der Waals surface area contributed by atoms with Crippen molar-refractivity contribution in [3.8, 4) is 0 Å². The molecule has 2 aromatic carbocycles. The fourth-order valence-electron chi connectivity index (χ4n) is 2.21. The zero-order valence-electron chi connectivity index (χ0n) is 11.8. The molecule has 2 N–H and O–H groups in total. The molecule has 0 fully saturated rings. The molecule has 0 aliphatic heterocycles. The second-order valence-electron chi connectivity index (χ2n) is 4.85. The Balaban J connectivity index is 2.40. The van der Waals surface area contributed by atoms with Gasteiger partial charge >= 0.3 is 0 Å². The first kappa shape index (κ1) is 13.5. The van der Waals surface area contributed by atoms with Crippen LogP contribution in [0.1, 0.15) is 25.3 Å². The molecule has 0 spiro atoms. The van der Waals surface area contributed by atoms with Gasteiger partial charge in [0, 0.05) is 12.2 Å². The molecule has 19 heavy (non-hydrogen) atoms. The molecule has 2 rings (SSSR count). The molecule has 0 amide bonds. The van der Waals surface area contributed by atoms with Gasteiger partial charge in [-0.15, -0.1) is 0 Å². The molecule has 0 atom stereocenters. The second-order valence-corrected chi connectivity index (χ2v) is 4.85. The average Bonchev–Trinajstić information content (AvgIpc) is 2.45. The van der Waals surface area contributed by atoms with Crippen molar-refractivity contribution in [2.24, 2.45) is 0 Å². The molecule has 0 saturated heterocycles. The SMILES string of the molecule is CCCCN(c1ccccc1)c1cccc(C)c1N. The van der Waals surface area contributed by atoms with Crippen molar-refractivity contribution in [1.82, 2.24) is 0 Å². The number of benzene rings is 2. The van der Waals surface area contributed by atoms with Crippen LogP contribution in [0.4, 0.5) is 17.1 Å². The topological polar surface area (TPSA) is 29.3 Å². The Hall–Kier alpha value is -1.96. The maximum absolute atomic E-state index is 6.25. The summed E-state index contributed by atoms with van der Waals surface area (Å²) < 4.78 is 0. The van der Waals surface area contributed by atoms with E-state index in [1.165, 1.54) is 12.1 Å². The average molecular weight is 254 g/mol. The Bertz CT molecular complexity index is 520. The van der Waals surface area contributed by atoms with Crippen LogP contribution in [0.15, 0.2) is 48.5 Å². The van der Waals surface area contributed by atoms with Gasteiger partial charge in [0.1, 0.15) is 0 Å². The number of para-hydroxylation sites is 2. The molecule has 2 aromatic rings. The van der Waals surface area contributed by atoms with E-state index in [0.29, 0.717) is 0 Å². The lowest BCUT2D eigenvalue weighted by molar-refractivity contribution is 0.786. The van der Waals surface area contributed by atoms with E-state index >= 15 is 0 Å². The fraction of sp³-hybridized carbons (Fsp3) is 0.294. The predicted molar refractivity (Wildman–Crippen MR) is 83.9 cm³/mol. The van der Waals surface area contributed by atoms with Crippen LogP contribution >= 0.6 is 0 Å². The van der Waals surface area contributed by atoms with E-state index in [-0.39, 0.29) is 0 Å². The number of aryl methyl sites for hydroxylation is 1. The van der Waals surface area contributed by atoms with Gasteiger partial charge in [0.2, 0.25) is 0 Å². The zero-order valence-corrected chi connectivity index (χ0v) is 11.8. The first-order valence-corrected chi connectivity index (χ1v) is 6.91. The number of anilines is 3. The summed E-state index contributed by atoms with van der Waals surface area (Å²) in [6.45, 7) is 5.26. The van der Waals surface area contributed by atoms with Gasteiger partial charge in [0.05, 0.1) is 11.4 Å². The predicted octanol–water partition coefficient (Wildman–Crippen LogP) is 4.52. The number of nitrogens with two attached hydrogens (primary N) is 1. The van der Waals surface area contributed by atoms with Crippen molar-refractivity contribution >= 4 is 17.1 Å². The molecule has 0 aromatic heterocycles. The maximum Gasteiger partial charge on any atom is 0.0647 e. The first-order chi connectivity index (χ1) is 9.24. The van der Waals surface area contributed by atoms with E-state index in [4.69, 9.17) is 5.73 Å². The number of unbranched alkanes of at least 4 members (excludes halogenated alkanes) is 1. The molecule has 0 radical (unpaired) electrons. The number of hydrogen-bond acceptors (Lipinski definition) is 2. The zero-order chi connectivity index (χ0) is 13.7. The summed E-state index contributed by atoms with van der Waals surface area (Å²) in [4.78, 5) is 2.31. The second kappa shape index (κ2) is 6.28. The van der Waals surface area contributed by atoms with Crippen LogP contribution in [0, 0.1) is 6.92 Å². The smallest absolute Gasteiger partial charge is 0.0647 e. The monoisotopic (exact) mass is 254 g/mol. The van der Waals surface area contributed by atoms with Crippen LogP contribution in [0.2, 0.25) is 0 Å². The van der Waals surface area contributed by atoms with Crippen LogP contribution in [0.5, 0.6) is 0 Å². The number of nitrogen functional groups attached to an aromatic ring is 1. The Labute approximate surface area is 115 Å². The summed E-state index contributed by atoms with van der Waals surface area (Å²) in [5, 5.41) is 0. The Morgan fingerprint density at radius 1 is 1.00 bits per heavy atom. The number of hydrogen-bond donors (Lipinski definition) is 1. The molecular formula is C17H22N2. The van der Waals surface area contributed by atoms with Crippen LogP contribution in [-0.4, -0.2) is 6.54 Å². The van der Waals surface area contributed by atoms with E-state index < -0.39 is 0 Å². The largest absolute Gasteiger partial charge is 0.397 e. The van der Waals surface area contributed by atoms with E-state index in [1.54, 1.807) is 0 Å². The van der Waals surface area contributed by atoms with Gasteiger partial charge in [-0.05, 0) is 37.1 Å². The van der Waals surface area contributed by atoms with Crippen LogP contribution < -0.4 is 10.6 Å². The lowest BCUT2D eigenvalue weighted by atomic mass is 10.1. The van der Waals surface area contributed by atoms with Gasteiger partial charge in [0.25, 0.3) is 0 Å². The number of nitrogens with zero attached hydrogens (tertiary/aromatic N) is 1. The minimum Gasteiger partial charge on any atom is -0.397 e. The Morgan fingerprint density at radius 2 is 1.74 bits per heavy atom. The van der Waals surface area contributed by atoms with Gasteiger partial charge in [-0.25, -0.2) is 0 Å². The van der Waals surface area contributed by atoms with Gasteiger partial charge in [-0.2, -0.15) is 0 Å². The molecule has 0 unspecified atom stereocenters. The molecular weight excluding hydrogens is 232 g/mol. The highest BCUT2D eigenvalue weighted by molar-refractivity contribution is 5.76. The summed E-state index contributed by atoms with van der Waals surface area (Å²) in [6, 6.07) is 16.7. The van der Waals surface area contributed by atoms with Crippen LogP contribution in [-0.2, 0) is 0 Å². The molecule has 0 bridgehead atoms. The van der Waals surface area contributed by atoms with Crippen molar-refractivity contribution in [1.29, 1.82) is 0 Å². The highest BCUT2D eigenvalue weighted by atomic mass is 15.1. The summed E-state index contributed by atoms with van der Waals surface area (Å²) in [5.74, 6) is 0. The lowest BCUT2D eigenvalue weighted by Crippen LogP contribution is -2.19. The third-order valence-corrected chi connectivity index (χ3v) is 3.40. The fourth-order valence-corrected chi connectivity index (χ4v) is 2.21. The molecule has 0 aliphatic rings. The minimum atomic E-state index is 0.877. The van der Waals surface area contributed by atoms with Crippen LogP contribution in [0.3, 0.4) is 0 Å². The van der Waals surface area contributed by atoms with E-state index in [1.807, 2.05) is 6.07 Å². The number of rotatable bonds is 5. The Morgan fingerprint density at radius 3 is 2.42 bits per heavy atom. The van der Waals surface area contributed by atoms with Gasteiger partial charge in [-0.1, -0.05) is 43.7 Å². The van der Waals surface area contributed by atoms with Crippen molar-refractivity contribution < 1.29 is 0 Å². The summed E-state index contributed by atoms with van der Waals surface area (Å²) in [7, 11) is 0. The Kier molecular flexibility index (Phi) is 4.45. The van der Waals surface area contributed by atoms with Gasteiger partial charge < -0.3 is 10.6 Å². The van der Waals surface area contributed by atoms with Crippen molar-refractivity contribution in [2.75, 3.05) is 17.2 Å². The summed E-state index contributed by atoms with van der Waals surface area (Å²) in [6.07, 6.45) is 2.33. The molecule has 2 heteroatoms. The van der Waals surface area contributed by atoms with Crippen molar-refractivity contribution in [3.05, 3.63) is 54.1 Å². The van der Waals surface area contributed by atoms with Crippen LogP contribution in [0.25, 0.3) is 0 Å². The summed E-state index contributed by atoms with van der Waals surface area (Å²) >= 11 is 0. The van der Waals surface area contributed by atoms with Crippen molar-refractivity contribution in [2.45, 2.75) is 26.7 Å². The lowest BCUT2D eigenvalue weighted by Gasteiger charge is -2.27.